The molecule has 1 N–H and O–H groups in total. The number of thiazole rings is 1. The van der Waals surface area contributed by atoms with Gasteiger partial charge in [0.2, 0.25) is 0 Å². The summed E-state index contributed by atoms with van der Waals surface area (Å²) < 4.78 is 38.9. The smallest absolute Gasteiger partial charge is 0.322 e. The number of nitrogens with zero attached hydrogens (tertiary/aromatic N) is 1. The van der Waals surface area contributed by atoms with Gasteiger partial charge in [0.15, 0.2) is 0 Å². The van der Waals surface area contributed by atoms with Gasteiger partial charge in [0.1, 0.15) is 5.01 Å². The van der Waals surface area contributed by atoms with E-state index in [1.807, 2.05) is 11.6 Å². The fourth-order valence-electron chi connectivity index (χ4n) is 3.25. The predicted molar refractivity (Wildman–Crippen MR) is 129 cm³/mol. The molecule has 0 spiro atoms. The molecule has 0 aliphatic heterocycles. The van der Waals surface area contributed by atoms with E-state index in [-0.39, 0.29) is 5.91 Å². The third kappa shape index (κ3) is 5.24. The molecule has 33 heavy (non-hydrogen) atoms. The summed E-state index contributed by atoms with van der Waals surface area (Å²) in [4.78, 5) is 18.3. The van der Waals surface area contributed by atoms with E-state index in [0.29, 0.717) is 33.0 Å². The second-order valence-corrected chi connectivity index (χ2v) is 9.15. The van der Waals surface area contributed by atoms with Crippen LogP contribution >= 0.6 is 34.7 Å². The van der Waals surface area contributed by atoms with Gasteiger partial charge in [0.25, 0.3) is 5.91 Å². The van der Waals surface area contributed by atoms with Crippen LogP contribution in [0.2, 0.25) is 5.02 Å². The summed E-state index contributed by atoms with van der Waals surface area (Å²) >= 11 is 9.21. The van der Waals surface area contributed by atoms with E-state index in [0.717, 1.165) is 22.0 Å². The zero-order valence-electron chi connectivity index (χ0n) is 17.1. The minimum absolute atomic E-state index is 0.346. The highest BCUT2D eigenvalue weighted by molar-refractivity contribution is 7.98. The van der Waals surface area contributed by atoms with Crippen LogP contribution in [0.15, 0.2) is 77.1 Å². The fourth-order valence-corrected chi connectivity index (χ4v) is 4.62. The normalized spacial score (nSPS) is 11.4. The summed E-state index contributed by atoms with van der Waals surface area (Å²) in [6, 6.07) is 15.2. The van der Waals surface area contributed by atoms with Gasteiger partial charge in [-0.3, -0.25) is 4.79 Å². The molecule has 3 aromatic carbocycles. The first-order chi connectivity index (χ1) is 15.8. The molecule has 3 nitrogen and oxygen atoms in total. The predicted octanol–water partition coefficient (Wildman–Crippen LogP) is 8.12. The Balaban J connectivity index is 1.68. The molecule has 4 rings (SSSR count). The summed E-state index contributed by atoms with van der Waals surface area (Å²) in [5.41, 5.74) is 1.89. The van der Waals surface area contributed by atoms with Gasteiger partial charge in [-0.25, -0.2) is 4.98 Å². The van der Waals surface area contributed by atoms with Gasteiger partial charge in [-0.15, -0.1) is 23.1 Å². The summed E-state index contributed by atoms with van der Waals surface area (Å²) in [5, 5.41) is 5.94. The third-order valence-corrected chi connectivity index (χ3v) is 6.74. The molecule has 0 atom stereocenters. The lowest BCUT2D eigenvalue weighted by molar-refractivity contribution is -0.137. The monoisotopic (exact) mass is 504 g/mol. The number of hydrogen-bond acceptors (Lipinski definition) is 4. The van der Waals surface area contributed by atoms with Crippen molar-refractivity contribution in [2.24, 2.45) is 0 Å². The van der Waals surface area contributed by atoms with Crippen molar-refractivity contribution in [3.05, 3.63) is 88.4 Å². The first-order valence-electron chi connectivity index (χ1n) is 9.62. The van der Waals surface area contributed by atoms with E-state index in [4.69, 9.17) is 11.6 Å². The van der Waals surface area contributed by atoms with Crippen molar-refractivity contribution in [3.63, 3.8) is 0 Å². The van der Waals surface area contributed by atoms with Crippen molar-refractivity contribution in [1.29, 1.82) is 0 Å². The fraction of sp³-hybridized carbons (Fsp3) is 0.0833. The van der Waals surface area contributed by atoms with E-state index in [1.165, 1.54) is 35.2 Å². The Hall–Kier alpha value is -2.81. The second-order valence-electron chi connectivity index (χ2n) is 6.97. The van der Waals surface area contributed by atoms with Gasteiger partial charge < -0.3 is 5.32 Å². The zero-order chi connectivity index (χ0) is 23.6. The largest absolute Gasteiger partial charge is 0.416 e. The van der Waals surface area contributed by atoms with Gasteiger partial charge in [0, 0.05) is 33.3 Å². The molecule has 9 heteroatoms. The lowest BCUT2D eigenvalue weighted by atomic mass is 9.98. The Kier molecular flexibility index (Phi) is 6.78. The van der Waals surface area contributed by atoms with Crippen LogP contribution < -0.4 is 5.32 Å². The van der Waals surface area contributed by atoms with Crippen molar-refractivity contribution in [2.45, 2.75) is 11.1 Å². The van der Waals surface area contributed by atoms with Gasteiger partial charge in [0.05, 0.1) is 10.6 Å². The van der Waals surface area contributed by atoms with Crippen molar-refractivity contribution in [1.82, 2.24) is 4.98 Å². The zero-order valence-corrected chi connectivity index (χ0v) is 19.5. The number of rotatable bonds is 5. The van der Waals surface area contributed by atoms with E-state index in [2.05, 4.69) is 10.3 Å². The minimum atomic E-state index is -4.43. The third-order valence-electron chi connectivity index (χ3n) is 4.88. The number of anilines is 1. The Morgan fingerprint density at radius 1 is 1.03 bits per heavy atom. The topological polar surface area (TPSA) is 42.0 Å². The first-order valence-corrected chi connectivity index (χ1v) is 12.1. The van der Waals surface area contributed by atoms with E-state index in [9.17, 15) is 18.0 Å². The SMILES string of the molecule is CSc1ccc(C(=O)Nc2ccc(Cl)c(-c3nccs3)c2)c(-c2ccc(C(F)(F)F)cc2)c1. The van der Waals surface area contributed by atoms with Crippen LogP contribution in [0.1, 0.15) is 15.9 Å². The van der Waals surface area contributed by atoms with E-state index >= 15 is 0 Å². The molecule has 168 valence electrons. The molecule has 0 saturated heterocycles. The van der Waals surface area contributed by atoms with Crippen LogP contribution in [0.3, 0.4) is 0 Å². The van der Waals surface area contributed by atoms with Crippen LogP contribution in [0.4, 0.5) is 18.9 Å². The molecule has 0 aliphatic carbocycles. The number of carbonyl (C=O) groups excluding carboxylic acids is 1. The average Bonchev–Trinajstić information content (AvgIpc) is 3.34. The molecule has 1 heterocycles. The first kappa shape index (κ1) is 23.4. The van der Waals surface area contributed by atoms with Gasteiger partial charge in [-0.2, -0.15) is 13.2 Å². The number of halogens is 4. The Morgan fingerprint density at radius 3 is 2.42 bits per heavy atom. The van der Waals surface area contributed by atoms with Gasteiger partial charge in [-0.05, 0) is 65.9 Å². The van der Waals surface area contributed by atoms with Crippen LogP contribution in [-0.2, 0) is 6.18 Å². The Labute approximate surface area is 201 Å². The maximum absolute atomic E-state index is 13.2. The summed E-state index contributed by atoms with van der Waals surface area (Å²) in [7, 11) is 0. The summed E-state index contributed by atoms with van der Waals surface area (Å²) in [6.07, 6.45) is -0.867. The number of aromatic nitrogens is 1. The lowest BCUT2D eigenvalue weighted by Gasteiger charge is -2.14. The second kappa shape index (κ2) is 9.59. The minimum Gasteiger partial charge on any atom is -0.322 e. The van der Waals surface area contributed by atoms with Crippen molar-refractivity contribution in [3.8, 4) is 21.7 Å². The number of benzene rings is 3. The summed E-state index contributed by atoms with van der Waals surface area (Å²) in [6.45, 7) is 0. The molecule has 0 unspecified atom stereocenters. The molecule has 0 fully saturated rings. The summed E-state index contributed by atoms with van der Waals surface area (Å²) in [5.74, 6) is -0.384. The number of amides is 1. The highest BCUT2D eigenvalue weighted by Crippen LogP contribution is 2.35. The van der Waals surface area contributed by atoms with Crippen molar-refractivity contribution < 1.29 is 18.0 Å². The Bertz CT molecular complexity index is 1290. The lowest BCUT2D eigenvalue weighted by Crippen LogP contribution is -2.13. The Morgan fingerprint density at radius 2 is 1.79 bits per heavy atom. The molecular formula is C24H16ClF3N2OS2. The maximum Gasteiger partial charge on any atom is 0.416 e. The highest BCUT2D eigenvalue weighted by atomic mass is 35.5. The van der Waals surface area contributed by atoms with Crippen LogP contribution in [0.25, 0.3) is 21.7 Å². The molecule has 0 aliphatic rings. The van der Waals surface area contributed by atoms with Crippen LogP contribution in [-0.4, -0.2) is 17.1 Å². The highest BCUT2D eigenvalue weighted by Gasteiger charge is 2.30. The van der Waals surface area contributed by atoms with Crippen LogP contribution in [0.5, 0.6) is 0 Å². The van der Waals surface area contributed by atoms with Crippen molar-refractivity contribution in [2.75, 3.05) is 11.6 Å². The molecule has 0 bridgehead atoms. The van der Waals surface area contributed by atoms with Gasteiger partial charge in [-0.1, -0.05) is 23.7 Å². The average molecular weight is 505 g/mol. The molecule has 1 aromatic heterocycles. The quantitative estimate of drug-likeness (QED) is 0.279. The standard InChI is InChI=1S/C24H16ClF3N2OS2/c1-32-17-7-8-18(19(13-17)14-2-4-15(5-3-14)24(26,27)28)22(31)30-16-6-9-21(25)20(12-16)23-29-10-11-33-23/h2-13H,1H3,(H,30,31). The molecule has 0 radical (unpaired) electrons. The van der Waals surface area contributed by atoms with E-state index in [1.54, 1.807) is 42.6 Å². The van der Waals surface area contributed by atoms with Gasteiger partial charge >= 0.3 is 6.18 Å². The molecule has 1 amide bonds. The number of alkyl halides is 3. The maximum atomic E-state index is 13.2. The number of thioether (sulfide) groups is 1. The van der Waals surface area contributed by atoms with Crippen molar-refractivity contribution >= 4 is 46.3 Å². The molecule has 4 aromatic rings. The van der Waals surface area contributed by atoms with Crippen LogP contribution in [0, 0.1) is 0 Å². The molecular weight excluding hydrogens is 489 g/mol. The number of hydrogen-bond donors (Lipinski definition) is 1. The number of nitrogens with one attached hydrogen (secondary N) is 1. The van der Waals surface area contributed by atoms with E-state index < -0.39 is 11.7 Å². The molecule has 0 saturated carbocycles. The number of carbonyl (C=O) groups is 1.